The normalized spacial score (nSPS) is 21.0. The van der Waals surface area contributed by atoms with Gasteiger partial charge < -0.3 is 15.8 Å². The lowest BCUT2D eigenvalue weighted by molar-refractivity contribution is -0.141. The molecule has 3 rings (SSSR count). The number of esters is 1. The summed E-state index contributed by atoms with van der Waals surface area (Å²) >= 11 is 0. The van der Waals surface area contributed by atoms with Crippen LogP contribution in [0.2, 0.25) is 0 Å². The fourth-order valence-corrected chi connectivity index (χ4v) is 3.50. The molecule has 0 bridgehead atoms. The molecule has 1 heterocycles. The molecule has 2 aromatic rings. The fraction of sp³-hybridized carbons (Fsp3) is 0.579. The lowest BCUT2D eigenvalue weighted by Crippen LogP contribution is -2.40. The van der Waals surface area contributed by atoms with Crippen molar-refractivity contribution in [3.05, 3.63) is 40.7 Å². The maximum atomic E-state index is 11.7. The van der Waals surface area contributed by atoms with Crippen LogP contribution in [0.5, 0.6) is 0 Å². The SMILES string of the molecule is COC(=O)Cn1nnnc1C(NC1CCC(N)CC1)c1ccc(C)c(C)c1. The quantitative estimate of drug-likeness (QED) is 0.738. The summed E-state index contributed by atoms with van der Waals surface area (Å²) in [6.45, 7) is 4.16. The van der Waals surface area contributed by atoms with Gasteiger partial charge in [-0.2, -0.15) is 0 Å². The summed E-state index contributed by atoms with van der Waals surface area (Å²) < 4.78 is 6.28. The van der Waals surface area contributed by atoms with Gasteiger partial charge in [0.15, 0.2) is 5.82 Å². The van der Waals surface area contributed by atoms with E-state index in [0.29, 0.717) is 11.9 Å². The average Bonchev–Trinajstić information content (AvgIpc) is 3.11. The summed E-state index contributed by atoms with van der Waals surface area (Å²) in [5, 5.41) is 15.7. The van der Waals surface area contributed by atoms with Crippen molar-refractivity contribution in [1.82, 2.24) is 25.5 Å². The van der Waals surface area contributed by atoms with Crippen LogP contribution in [0.3, 0.4) is 0 Å². The van der Waals surface area contributed by atoms with Crippen molar-refractivity contribution in [3.63, 3.8) is 0 Å². The first kappa shape index (κ1) is 19.4. The van der Waals surface area contributed by atoms with Gasteiger partial charge in [0, 0.05) is 12.1 Å². The molecule has 1 aliphatic carbocycles. The Balaban J connectivity index is 1.91. The standard InChI is InChI=1S/C19H28N6O2/c1-12-4-5-14(10-13(12)2)18(21-16-8-6-15(20)7-9-16)19-22-23-24-25(19)11-17(26)27-3/h4-5,10,15-16,18,21H,6-9,11,20H2,1-3H3. The molecule has 1 aromatic carbocycles. The first-order chi connectivity index (χ1) is 13.0. The zero-order valence-corrected chi connectivity index (χ0v) is 16.2. The van der Waals surface area contributed by atoms with Crippen LogP contribution < -0.4 is 11.1 Å². The first-order valence-corrected chi connectivity index (χ1v) is 9.39. The Labute approximate surface area is 159 Å². The summed E-state index contributed by atoms with van der Waals surface area (Å²) in [7, 11) is 1.36. The number of tetrazole rings is 1. The molecule has 3 N–H and O–H groups in total. The van der Waals surface area contributed by atoms with Crippen molar-refractivity contribution in [2.75, 3.05) is 7.11 Å². The number of carbonyl (C=O) groups is 1. The maximum absolute atomic E-state index is 11.7. The van der Waals surface area contributed by atoms with Crippen LogP contribution >= 0.6 is 0 Å². The molecule has 1 saturated carbocycles. The number of ether oxygens (including phenoxy) is 1. The van der Waals surface area contributed by atoms with E-state index >= 15 is 0 Å². The Morgan fingerprint density at radius 2 is 2.04 bits per heavy atom. The van der Waals surface area contributed by atoms with Crippen molar-refractivity contribution < 1.29 is 9.53 Å². The Morgan fingerprint density at radius 3 is 2.70 bits per heavy atom. The van der Waals surface area contributed by atoms with Crippen LogP contribution in [0.4, 0.5) is 0 Å². The number of hydrogen-bond donors (Lipinski definition) is 2. The van der Waals surface area contributed by atoms with Crippen molar-refractivity contribution >= 4 is 5.97 Å². The molecule has 1 atom stereocenters. The number of carbonyl (C=O) groups excluding carboxylic acids is 1. The minimum Gasteiger partial charge on any atom is -0.468 e. The highest BCUT2D eigenvalue weighted by Gasteiger charge is 2.27. The van der Waals surface area contributed by atoms with Gasteiger partial charge in [-0.15, -0.1) is 5.10 Å². The molecule has 1 unspecified atom stereocenters. The Hall–Kier alpha value is -2.32. The summed E-state index contributed by atoms with van der Waals surface area (Å²) in [5.74, 6) is 0.226. The molecule has 1 aliphatic rings. The molecule has 0 amide bonds. The zero-order chi connectivity index (χ0) is 19.4. The average molecular weight is 372 g/mol. The highest BCUT2D eigenvalue weighted by molar-refractivity contribution is 5.68. The molecule has 0 saturated heterocycles. The van der Waals surface area contributed by atoms with E-state index in [2.05, 4.69) is 52.9 Å². The topological polar surface area (TPSA) is 108 Å². The third kappa shape index (κ3) is 4.70. The maximum Gasteiger partial charge on any atom is 0.327 e. The van der Waals surface area contributed by atoms with Gasteiger partial charge in [0.1, 0.15) is 6.54 Å². The third-order valence-electron chi connectivity index (χ3n) is 5.36. The second kappa shape index (κ2) is 8.58. The van der Waals surface area contributed by atoms with E-state index in [1.54, 1.807) is 0 Å². The number of nitrogens with zero attached hydrogens (tertiary/aromatic N) is 4. The fourth-order valence-electron chi connectivity index (χ4n) is 3.50. The van der Waals surface area contributed by atoms with Crippen LogP contribution in [0.25, 0.3) is 0 Å². The van der Waals surface area contributed by atoms with Crippen LogP contribution in [0.15, 0.2) is 18.2 Å². The summed E-state index contributed by atoms with van der Waals surface area (Å²) in [4.78, 5) is 11.7. The minimum atomic E-state index is -0.383. The van der Waals surface area contributed by atoms with E-state index in [4.69, 9.17) is 10.5 Å². The predicted octanol–water partition coefficient (Wildman–Crippen LogP) is 1.41. The van der Waals surface area contributed by atoms with Gasteiger partial charge in [0.05, 0.1) is 13.2 Å². The molecule has 8 heteroatoms. The number of hydrogen-bond acceptors (Lipinski definition) is 7. The van der Waals surface area contributed by atoms with Crippen LogP contribution in [0.1, 0.15) is 54.2 Å². The van der Waals surface area contributed by atoms with E-state index in [-0.39, 0.29) is 24.6 Å². The van der Waals surface area contributed by atoms with Gasteiger partial charge in [0.2, 0.25) is 0 Å². The van der Waals surface area contributed by atoms with Crippen molar-refractivity contribution in [2.24, 2.45) is 5.73 Å². The first-order valence-electron chi connectivity index (χ1n) is 9.39. The summed E-state index contributed by atoms with van der Waals surface area (Å²) in [5.41, 5.74) is 9.56. The van der Waals surface area contributed by atoms with Gasteiger partial charge in [0.25, 0.3) is 0 Å². The number of nitrogens with one attached hydrogen (secondary N) is 1. The van der Waals surface area contributed by atoms with Crippen molar-refractivity contribution in [3.8, 4) is 0 Å². The van der Waals surface area contributed by atoms with Crippen LogP contribution in [0, 0.1) is 13.8 Å². The monoisotopic (exact) mass is 372 g/mol. The largest absolute Gasteiger partial charge is 0.468 e. The van der Waals surface area contributed by atoms with E-state index in [1.165, 1.54) is 22.9 Å². The minimum absolute atomic E-state index is 0.0165. The van der Waals surface area contributed by atoms with Crippen molar-refractivity contribution in [1.29, 1.82) is 0 Å². The molecule has 0 radical (unpaired) electrons. The highest BCUT2D eigenvalue weighted by Crippen LogP contribution is 2.26. The van der Waals surface area contributed by atoms with Gasteiger partial charge in [-0.25, -0.2) is 4.68 Å². The molecule has 0 aliphatic heterocycles. The molecule has 1 aromatic heterocycles. The molecule has 1 fully saturated rings. The number of aryl methyl sites for hydroxylation is 2. The van der Waals surface area contributed by atoms with Crippen LogP contribution in [-0.4, -0.2) is 45.4 Å². The van der Waals surface area contributed by atoms with Gasteiger partial charge >= 0.3 is 5.97 Å². The number of benzene rings is 1. The Morgan fingerprint density at radius 1 is 1.30 bits per heavy atom. The van der Waals surface area contributed by atoms with E-state index < -0.39 is 0 Å². The second-order valence-electron chi connectivity index (χ2n) is 7.33. The lowest BCUT2D eigenvalue weighted by atomic mass is 9.90. The lowest BCUT2D eigenvalue weighted by Gasteiger charge is -2.30. The number of methoxy groups -OCH3 is 1. The van der Waals surface area contributed by atoms with Gasteiger partial charge in [-0.3, -0.25) is 4.79 Å². The van der Waals surface area contributed by atoms with E-state index in [0.717, 1.165) is 31.2 Å². The predicted molar refractivity (Wildman–Crippen MR) is 101 cm³/mol. The second-order valence-corrected chi connectivity index (χ2v) is 7.33. The third-order valence-corrected chi connectivity index (χ3v) is 5.36. The molecule has 27 heavy (non-hydrogen) atoms. The number of rotatable bonds is 6. The van der Waals surface area contributed by atoms with Gasteiger partial charge in [-0.05, 0) is 66.6 Å². The Bertz CT molecular complexity index is 782. The smallest absolute Gasteiger partial charge is 0.327 e. The number of nitrogens with two attached hydrogens (primary N) is 1. The summed E-state index contributed by atoms with van der Waals surface area (Å²) in [6.07, 6.45) is 4.04. The molecule has 0 spiro atoms. The van der Waals surface area contributed by atoms with E-state index in [1.807, 2.05) is 0 Å². The molecule has 8 nitrogen and oxygen atoms in total. The zero-order valence-electron chi connectivity index (χ0n) is 16.2. The summed E-state index contributed by atoms with van der Waals surface area (Å²) in [6, 6.07) is 6.75. The molecular formula is C19H28N6O2. The molecule has 146 valence electrons. The van der Waals surface area contributed by atoms with Crippen LogP contribution in [-0.2, 0) is 16.1 Å². The van der Waals surface area contributed by atoms with E-state index in [9.17, 15) is 4.79 Å². The highest BCUT2D eigenvalue weighted by atomic mass is 16.5. The number of aromatic nitrogens is 4. The van der Waals surface area contributed by atoms with Gasteiger partial charge in [-0.1, -0.05) is 18.2 Å². The van der Waals surface area contributed by atoms with Crippen molar-refractivity contribution in [2.45, 2.75) is 64.2 Å². The Kier molecular flexibility index (Phi) is 6.18. The molecular weight excluding hydrogens is 344 g/mol.